The van der Waals surface area contributed by atoms with Crippen LogP contribution >= 0.6 is 0 Å². The third-order valence-electron chi connectivity index (χ3n) is 2.16. The summed E-state index contributed by atoms with van der Waals surface area (Å²) in [7, 11) is 0. The summed E-state index contributed by atoms with van der Waals surface area (Å²) in [5, 5.41) is 0. The van der Waals surface area contributed by atoms with Crippen LogP contribution in [0.15, 0.2) is 9.98 Å². The highest BCUT2D eigenvalue weighted by Gasteiger charge is 2.21. The molecule has 1 aliphatic rings. The second-order valence-electron chi connectivity index (χ2n) is 2.78. The van der Waals surface area contributed by atoms with E-state index in [9.17, 15) is 0 Å². The summed E-state index contributed by atoms with van der Waals surface area (Å²) in [6, 6.07) is 0.706. The van der Waals surface area contributed by atoms with Crippen LogP contribution in [0.4, 0.5) is 0 Å². The van der Waals surface area contributed by atoms with Crippen molar-refractivity contribution in [3.05, 3.63) is 0 Å². The molecule has 0 saturated heterocycles. The second kappa shape index (κ2) is 3.49. The van der Waals surface area contributed by atoms with Crippen LogP contribution < -0.4 is 0 Å². The maximum Gasteiger partial charge on any atom is 0.0715 e. The van der Waals surface area contributed by atoms with Crippen LogP contribution in [-0.2, 0) is 0 Å². The first-order valence-electron chi connectivity index (χ1n) is 3.80. The summed E-state index contributed by atoms with van der Waals surface area (Å²) in [6.45, 7) is 7.09. The van der Waals surface area contributed by atoms with Gasteiger partial charge in [0.05, 0.1) is 12.1 Å². The summed E-state index contributed by atoms with van der Waals surface area (Å²) < 4.78 is 0. The predicted molar refractivity (Wildman–Crippen MR) is 45.1 cm³/mol. The van der Waals surface area contributed by atoms with Gasteiger partial charge in [-0.05, 0) is 26.3 Å². The van der Waals surface area contributed by atoms with Crippen molar-refractivity contribution in [1.82, 2.24) is 0 Å². The topological polar surface area (TPSA) is 24.7 Å². The lowest BCUT2D eigenvalue weighted by Crippen LogP contribution is -2.25. The molecule has 1 saturated carbocycles. The monoisotopic (exact) mass is 138 g/mol. The van der Waals surface area contributed by atoms with E-state index in [0.29, 0.717) is 12.1 Å². The molecule has 0 aromatic rings. The predicted octanol–water partition coefficient (Wildman–Crippen LogP) is 1.70. The molecular formula is C8H14N2. The van der Waals surface area contributed by atoms with Crippen LogP contribution in [0, 0.1) is 0 Å². The van der Waals surface area contributed by atoms with Crippen molar-refractivity contribution in [2.24, 2.45) is 9.98 Å². The van der Waals surface area contributed by atoms with E-state index in [-0.39, 0.29) is 0 Å². The van der Waals surface area contributed by atoms with Crippen molar-refractivity contribution in [3.8, 4) is 0 Å². The maximum absolute atomic E-state index is 4.02. The quantitative estimate of drug-likeness (QED) is 0.519. The van der Waals surface area contributed by atoms with Crippen molar-refractivity contribution >= 4 is 13.4 Å². The highest BCUT2D eigenvalue weighted by Crippen LogP contribution is 2.22. The van der Waals surface area contributed by atoms with Crippen molar-refractivity contribution in [3.63, 3.8) is 0 Å². The summed E-state index contributed by atoms with van der Waals surface area (Å²) in [6.07, 6.45) is 4.84. The lowest BCUT2D eigenvalue weighted by Gasteiger charge is -2.24. The molecule has 0 N–H and O–H groups in total. The van der Waals surface area contributed by atoms with E-state index in [4.69, 9.17) is 0 Å². The summed E-state index contributed by atoms with van der Waals surface area (Å²) in [5.41, 5.74) is 0. The molecule has 0 aromatic heterocycles. The molecule has 0 amide bonds. The molecule has 1 rings (SSSR count). The van der Waals surface area contributed by atoms with E-state index in [1.807, 2.05) is 0 Å². The molecule has 10 heavy (non-hydrogen) atoms. The highest BCUT2D eigenvalue weighted by atomic mass is 14.9. The molecule has 56 valence electrons. The van der Waals surface area contributed by atoms with E-state index in [1.54, 1.807) is 0 Å². The van der Waals surface area contributed by atoms with Gasteiger partial charge in [-0.2, -0.15) is 0 Å². The Bertz CT molecular complexity index is 115. The Kier molecular flexibility index (Phi) is 2.60. The lowest BCUT2D eigenvalue weighted by atomic mass is 9.91. The van der Waals surface area contributed by atoms with Gasteiger partial charge in [-0.25, -0.2) is 0 Å². The molecule has 2 atom stereocenters. The van der Waals surface area contributed by atoms with Gasteiger partial charge in [-0.1, -0.05) is 12.8 Å². The Morgan fingerprint density at radius 2 is 1.30 bits per heavy atom. The van der Waals surface area contributed by atoms with Crippen LogP contribution in [0.2, 0.25) is 0 Å². The average Bonchev–Trinajstić information content (AvgIpc) is 2.04. The largest absolute Gasteiger partial charge is 0.295 e. The Hall–Kier alpha value is -0.660. The Balaban J connectivity index is 2.49. The minimum atomic E-state index is 0.353. The van der Waals surface area contributed by atoms with Gasteiger partial charge in [-0.3, -0.25) is 9.98 Å². The molecule has 0 bridgehead atoms. The van der Waals surface area contributed by atoms with Gasteiger partial charge in [0.1, 0.15) is 0 Å². The van der Waals surface area contributed by atoms with Crippen molar-refractivity contribution in [2.45, 2.75) is 37.8 Å². The molecular weight excluding hydrogens is 124 g/mol. The third-order valence-corrected chi connectivity index (χ3v) is 2.16. The molecule has 2 heteroatoms. The number of hydrogen-bond donors (Lipinski definition) is 0. The van der Waals surface area contributed by atoms with Crippen LogP contribution in [0.1, 0.15) is 25.7 Å². The normalized spacial score (nSPS) is 33.2. The summed E-state index contributed by atoms with van der Waals surface area (Å²) in [4.78, 5) is 8.03. The first-order chi connectivity index (χ1) is 4.88. The molecule has 0 aliphatic heterocycles. The number of aliphatic imine (C=N–C) groups is 2. The van der Waals surface area contributed by atoms with Crippen LogP contribution in [0.25, 0.3) is 0 Å². The van der Waals surface area contributed by atoms with E-state index < -0.39 is 0 Å². The molecule has 1 fully saturated rings. The molecule has 0 aromatic carbocycles. The van der Waals surface area contributed by atoms with Gasteiger partial charge in [0, 0.05) is 0 Å². The number of hydrogen-bond acceptors (Lipinski definition) is 2. The molecule has 1 aliphatic carbocycles. The lowest BCUT2D eigenvalue weighted by molar-refractivity contribution is 0.391. The van der Waals surface area contributed by atoms with Crippen molar-refractivity contribution < 1.29 is 0 Å². The Labute approximate surface area is 62.1 Å². The maximum atomic E-state index is 4.02. The van der Waals surface area contributed by atoms with Crippen LogP contribution in [-0.4, -0.2) is 25.5 Å². The zero-order chi connectivity index (χ0) is 7.40. The smallest absolute Gasteiger partial charge is 0.0715 e. The minimum Gasteiger partial charge on any atom is -0.295 e. The fraction of sp³-hybridized carbons (Fsp3) is 0.750. The van der Waals surface area contributed by atoms with E-state index in [2.05, 4.69) is 23.4 Å². The molecule has 2 unspecified atom stereocenters. The second-order valence-corrected chi connectivity index (χ2v) is 2.78. The zero-order valence-corrected chi connectivity index (χ0v) is 6.29. The first-order valence-corrected chi connectivity index (χ1v) is 3.80. The minimum absolute atomic E-state index is 0.353. The van der Waals surface area contributed by atoms with Crippen molar-refractivity contribution in [1.29, 1.82) is 0 Å². The van der Waals surface area contributed by atoms with Gasteiger partial charge >= 0.3 is 0 Å². The zero-order valence-electron chi connectivity index (χ0n) is 6.29. The van der Waals surface area contributed by atoms with Gasteiger partial charge in [0.25, 0.3) is 0 Å². The standard InChI is InChI=1S/C8H14N2/c1-9-7-5-3-4-6-8(7)10-2/h7-8H,1-6H2. The fourth-order valence-corrected chi connectivity index (χ4v) is 1.52. The van der Waals surface area contributed by atoms with E-state index >= 15 is 0 Å². The molecule has 0 heterocycles. The van der Waals surface area contributed by atoms with Gasteiger partial charge in [-0.15, -0.1) is 0 Å². The molecule has 0 radical (unpaired) electrons. The summed E-state index contributed by atoms with van der Waals surface area (Å²) >= 11 is 0. The van der Waals surface area contributed by atoms with Gasteiger partial charge in [0.2, 0.25) is 0 Å². The SMILES string of the molecule is C=NC1CCCCC1N=C. The van der Waals surface area contributed by atoms with Gasteiger partial charge < -0.3 is 0 Å². The van der Waals surface area contributed by atoms with Crippen LogP contribution in [0.5, 0.6) is 0 Å². The Morgan fingerprint density at radius 3 is 1.60 bits per heavy atom. The highest BCUT2D eigenvalue weighted by molar-refractivity contribution is 5.27. The Morgan fingerprint density at radius 1 is 0.900 bits per heavy atom. The van der Waals surface area contributed by atoms with Gasteiger partial charge in [0.15, 0.2) is 0 Å². The summed E-state index contributed by atoms with van der Waals surface area (Å²) in [5.74, 6) is 0. The van der Waals surface area contributed by atoms with E-state index in [1.165, 1.54) is 12.8 Å². The first kappa shape index (κ1) is 7.45. The third kappa shape index (κ3) is 1.43. The fourth-order valence-electron chi connectivity index (χ4n) is 1.52. The van der Waals surface area contributed by atoms with E-state index in [0.717, 1.165) is 12.8 Å². The molecule has 2 nitrogen and oxygen atoms in total. The molecule has 0 spiro atoms. The number of nitrogens with zero attached hydrogens (tertiary/aromatic N) is 2. The number of rotatable bonds is 2. The average molecular weight is 138 g/mol. The van der Waals surface area contributed by atoms with Crippen LogP contribution in [0.3, 0.4) is 0 Å². The van der Waals surface area contributed by atoms with Crippen molar-refractivity contribution in [2.75, 3.05) is 0 Å².